The predicted molar refractivity (Wildman–Crippen MR) is 337 cm³/mol. The Balaban J connectivity index is 0.862. The summed E-state index contributed by atoms with van der Waals surface area (Å²) in [5, 5.41) is 24.3. The highest BCUT2D eigenvalue weighted by atomic mass is 15.0. The highest BCUT2D eigenvalue weighted by Gasteiger charge is 2.19. The average molecular weight is 1070 g/mol. The Morgan fingerprint density at radius 1 is 0.226 bits per heavy atom. The summed E-state index contributed by atoms with van der Waals surface area (Å²) in [6.07, 6.45) is 0. The Labute approximate surface area is 485 Å². The number of nitriles is 2. The molecule has 0 fully saturated rings. The van der Waals surface area contributed by atoms with Crippen molar-refractivity contribution in [2.24, 2.45) is 0 Å². The number of hydrogen-bond donors (Lipinski definition) is 0. The van der Waals surface area contributed by atoms with Gasteiger partial charge in [0.05, 0.1) is 23.3 Å². The van der Waals surface area contributed by atoms with Crippen molar-refractivity contribution >= 4 is 21.5 Å². The van der Waals surface area contributed by atoms with Gasteiger partial charge in [0.25, 0.3) is 0 Å². The van der Waals surface area contributed by atoms with Gasteiger partial charge in [0.2, 0.25) is 0 Å². The molecule has 84 heavy (non-hydrogen) atoms. The summed E-state index contributed by atoms with van der Waals surface area (Å²) in [7, 11) is 0. The minimum Gasteiger partial charge on any atom is -0.208 e. The molecule has 8 heteroatoms. The number of hydrogen-bond acceptors (Lipinski definition) is 8. The fraction of sp³-hybridized carbons (Fsp3) is 0. The Morgan fingerprint density at radius 2 is 0.607 bits per heavy atom. The molecule has 0 N–H and O–H groups in total. The molecule has 0 unspecified atom stereocenters. The predicted octanol–water partition coefficient (Wildman–Crippen LogP) is 18.4. The van der Waals surface area contributed by atoms with Crippen molar-refractivity contribution in [2.75, 3.05) is 0 Å². The van der Waals surface area contributed by atoms with E-state index in [1.165, 1.54) is 0 Å². The Hall–Kier alpha value is -11.8. The van der Waals surface area contributed by atoms with Crippen LogP contribution in [0, 0.1) is 22.7 Å². The highest BCUT2D eigenvalue weighted by molar-refractivity contribution is 6.08. The quantitative estimate of drug-likeness (QED) is 0.125. The van der Waals surface area contributed by atoms with E-state index in [0.29, 0.717) is 46.1 Å². The van der Waals surface area contributed by atoms with Gasteiger partial charge in [-0.1, -0.05) is 243 Å². The molecular formula is C76H46N8. The summed E-state index contributed by atoms with van der Waals surface area (Å²) < 4.78 is 0. The second-order valence-corrected chi connectivity index (χ2v) is 20.4. The van der Waals surface area contributed by atoms with Crippen LogP contribution >= 0.6 is 0 Å². The molecular weight excluding hydrogens is 1020 g/mol. The van der Waals surface area contributed by atoms with Gasteiger partial charge in [0, 0.05) is 33.4 Å². The molecule has 0 saturated carbocycles. The lowest BCUT2D eigenvalue weighted by Crippen LogP contribution is -2.00. The first-order chi connectivity index (χ1) is 41.5. The van der Waals surface area contributed by atoms with Crippen LogP contribution < -0.4 is 0 Å². The van der Waals surface area contributed by atoms with Crippen molar-refractivity contribution in [1.29, 1.82) is 10.5 Å². The molecule has 0 bridgehead atoms. The lowest BCUT2D eigenvalue weighted by molar-refractivity contribution is 1.07. The minimum atomic E-state index is 0.534. The SMILES string of the molecule is N#Cc1ccc(-c2cccc3cccc(-c4ccc(-c5nc(-c6ccccc6)nc(-c6cccc(-c7cc(-c8ccccc8C#N)cc8c(-c9ccc(-c%10nc(-c%11ccccc%11)nc(-c%11ccccc%11)n%10)cc9)cccc78)c6)n5)cc4)c23)cc1. The van der Waals surface area contributed by atoms with E-state index in [2.05, 4.69) is 152 Å². The average Bonchev–Trinajstić information content (AvgIpc) is 3.77. The molecule has 2 aromatic heterocycles. The smallest absolute Gasteiger partial charge is 0.164 e. The normalized spacial score (nSPS) is 11.1. The van der Waals surface area contributed by atoms with Crippen molar-refractivity contribution < 1.29 is 0 Å². The van der Waals surface area contributed by atoms with Gasteiger partial charge in [0.15, 0.2) is 34.9 Å². The molecule has 0 amide bonds. The van der Waals surface area contributed by atoms with Crippen LogP contribution in [0.3, 0.4) is 0 Å². The van der Waals surface area contributed by atoms with Crippen LogP contribution in [0.5, 0.6) is 0 Å². The lowest BCUT2D eigenvalue weighted by atomic mass is 9.88. The first-order valence-electron chi connectivity index (χ1n) is 27.6. The van der Waals surface area contributed by atoms with Gasteiger partial charge in [-0.25, -0.2) is 29.9 Å². The van der Waals surface area contributed by atoms with E-state index in [4.69, 9.17) is 29.9 Å². The van der Waals surface area contributed by atoms with Gasteiger partial charge in [-0.05, 0) is 114 Å². The van der Waals surface area contributed by atoms with Crippen LogP contribution in [0.25, 0.3) is 146 Å². The monoisotopic (exact) mass is 1070 g/mol. The van der Waals surface area contributed by atoms with E-state index in [1.54, 1.807) is 0 Å². The zero-order valence-corrected chi connectivity index (χ0v) is 45.1. The molecule has 14 aromatic rings. The van der Waals surface area contributed by atoms with Crippen LogP contribution in [0.4, 0.5) is 0 Å². The van der Waals surface area contributed by atoms with Crippen LogP contribution in [0.1, 0.15) is 11.1 Å². The van der Waals surface area contributed by atoms with Gasteiger partial charge in [-0.2, -0.15) is 10.5 Å². The third-order valence-electron chi connectivity index (χ3n) is 15.3. The molecule has 8 nitrogen and oxygen atoms in total. The fourth-order valence-electron chi connectivity index (χ4n) is 11.1. The summed E-state index contributed by atoms with van der Waals surface area (Å²) in [6.45, 7) is 0. The first kappa shape index (κ1) is 50.4. The maximum Gasteiger partial charge on any atom is 0.164 e. The van der Waals surface area contributed by atoms with Crippen LogP contribution in [-0.4, -0.2) is 29.9 Å². The van der Waals surface area contributed by atoms with E-state index in [1.807, 2.05) is 140 Å². The van der Waals surface area contributed by atoms with Crippen molar-refractivity contribution in [3.8, 4) is 136 Å². The fourth-order valence-corrected chi connectivity index (χ4v) is 11.1. The van der Waals surface area contributed by atoms with E-state index >= 15 is 0 Å². The van der Waals surface area contributed by atoms with Crippen LogP contribution in [0.2, 0.25) is 0 Å². The molecule has 12 aromatic carbocycles. The molecule has 0 saturated heterocycles. The van der Waals surface area contributed by atoms with E-state index in [-0.39, 0.29) is 0 Å². The van der Waals surface area contributed by atoms with Gasteiger partial charge in [-0.3, -0.25) is 0 Å². The Bertz CT molecular complexity index is 4820. The maximum atomic E-state index is 10.4. The van der Waals surface area contributed by atoms with E-state index in [0.717, 1.165) is 111 Å². The molecule has 0 radical (unpaired) electrons. The van der Waals surface area contributed by atoms with E-state index in [9.17, 15) is 10.5 Å². The van der Waals surface area contributed by atoms with Gasteiger partial charge >= 0.3 is 0 Å². The molecule has 0 aliphatic rings. The van der Waals surface area contributed by atoms with Gasteiger partial charge in [-0.15, -0.1) is 0 Å². The number of aromatic nitrogens is 6. The van der Waals surface area contributed by atoms with Gasteiger partial charge in [0.1, 0.15) is 0 Å². The summed E-state index contributed by atoms with van der Waals surface area (Å²) in [5.41, 5.74) is 16.5. The molecule has 0 aliphatic heterocycles. The molecule has 390 valence electrons. The zero-order valence-electron chi connectivity index (χ0n) is 45.1. The number of rotatable bonds is 11. The second kappa shape index (κ2) is 22.0. The summed E-state index contributed by atoms with van der Waals surface area (Å²) in [6, 6.07) is 99.0. The molecule has 2 heterocycles. The van der Waals surface area contributed by atoms with Crippen molar-refractivity contribution in [1.82, 2.24) is 29.9 Å². The lowest BCUT2D eigenvalue weighted by Gasteiger charge is -2.16. The van der Waals surface area contributed by atoms with Crippen LogP contribution in [-0.2, 0) is 0 Å². The second-order valence-electron chi connectivity index (χ2n) is 20.4. The van der Waals surface area contributed by atoms with Crippen molar-refractivity contribution in [3.05, 3.63) is 290 Å². The third kappa shape index (κ3) is 9.79. The third-order valence-corrected chi connectivity index (χ3v) is 15.3. The van der Waals surface area contributed by atoms with Gasteiger partial charge < -0.3 is 0 Å². The van der Waals surface area contributed by atoms with Crippen molar-refractivity contribution in [3.63, 3.8) is 0 Å². The number of nitrogens with zero attached hydrogens (tertiary/aromatic N) is 8. The largest absolute Gasteiger partial charge is 0.208 e. The molecule has 0 spiro atoms. The number of benzene rings is 12. The summed E-state index contributed by atoms with van der Waals surface area (Å²) in [4.78, 5) is 30.4. The van der Waals surface area contributed by atoms with Crippen LogP contribution in [0.15, 0.2) is 279 Å². The summed E-state index contributed by atoms with van der Waals surface area (Å²) in [5.74, 6) is 3.43. The molecule has 14 rings (SSSR count). The zero-order chi connectivity index (χ0) is 56.3. The highest BCUT2D eigenvalue weighted by Crippen LogP contribution is 2.42. The first-order valence-corrected chi connectivity index (χ1v) is 27.6. The maximum absolute atomic E-state index is 10.4. The number of fused-ring (bicyclic) bond motifs is 2. The standard InChI is InChI=1S/C76H46N8/c77-47-49-32-34-51(35-33-49)65-29-13-23-53-24-14-30-66(70(53)65)52-38-42-58(43-39-52)75-82-73(56-20-8-3-9-21-56)83-76(84-75)60-26-12-25-59(44-60)68-45-62(63-27-11-10-22-61(63)48-78)46-69-64(28-15-31-67(68)69)50-36-40-57(41-37-50)74-80-71(54-16-4-1-5-17-54)79-72(81-74)55-18-6-2-7-19-55/h1-46H. The molecule has 0 aliphatic carbocycles. The Kier molecular flexibility index (Phi) is 13.2. The van der Waals surface area contributed by atoms with Crippen molar-refractivity contribution in [2.45, 2.75) is 0 Å². The topological polar surface area (TPSA) is 125 Å². The van der Waals surface area contributed by atoms with E-state index < -0.39 is 0 Å². The Morgan fingerprint density at radius 3 is 1.12 bits per heavy atom. The summed E-state index contributed by atoms with van der Waals surface area (Å²) >= 11 is 0. The molecule has 0 atom stereocenters. The minimum absolute atomic E-state index is 0.534.